The van der Waals surface area contributed by atoms with Crippen molar-refractivity contribution in [1.82, 2.24) is 19.9 Å². The maximum atomic E-state index is 12.8. The van der Waals surface area contributed by atoms with Crippen molar-refractivity contribution in [3.05, 3.63) is 54.0 Å². The minimum Gasteiger partial charge on any atom is -0.349 e. The predicted octanol–water partition coefficient (Wildman–Crippen LogP) is 4.18. The van der Waals surface area contributed by atoms with Crippen LogP contribution in [0.1, 0.15) is 54.4 Å². The molecule has 1 aromatic carbocycles. The summed E-state index contributed by atoms with van der Waals surface area (Å²) >= 11 is 0. The molecule has 1 amide bonds. The van der Waals surface area contributed by atoms with Crippen LogP contribution in [0.3, 0.4) is 0 Å². The molecule has 1 fully saturated rings. The molecule has 0 aliphatic heterocycles. The first kappa shape index (κ1) is 16.8. The zero-order valence-electron chi connectivity index (χ0n) is 15.1. The normalized spacial score (nSPS) is 15.7. The Balaban J connectivity index is 1.62. The number of fused-ring (bicyclic) bond motifs is 1. The number of imidazole rings is 1. The van der Waals surface area contributed by atoms with Gasteiger partial charge in [0, 0.05) is 17.8 Å². The van der Waals surface area contributed by atoms with E-state index in [2.05, 4.69) is 15.3 Å². The van der Waals surface area contributed by atoms with E-state index in [1.165, 1.54) is 25.7 Å². The van der Waals surface area contributed by atoms with E-state index in [1.807, 2.05) is 41.8 Å². The van der Waals surface area contributed by atoms with Crippen molar-refractivity contribution in [2.24, 2.45) is 0 Å². The number of aryl methyl sites for hydroxylation is 1. The topological polar surface area (TPSA) is 59.8 Å². The minimum absolute atomic E-state index is 0.00975. The second-order valence-corrected chi connectivity index (χ2v) is 7.12. The molecule has 2 aromatic heterocycles. The summed E-state index contributed by atoms with van der Waals surface area (Å²) in [6.07, 6.45) is 10.7. The van der Waals surface area contributed by atoms with Crippen molar-refractivity contribution >= 4 is 17.1 Å². The summed E-state index contributed by atoms with van der Waals surface area (Å²) in [4.78, 5) is 21.6. The number of nitrogens with zero attached hydrogens (tertiary/aromatic N) is 3. The quantitative estimate of drug-likeness (QED) is 0.722. The van der Waals surface area contributed by atoms with Crippen LogP contribution in [0.2, 0.25) is 0 Å². The van der Waals surface area contributed by atoms with Gasteiger partial charge in [0.1, 0.15) is 11.8 Å². The Bertz CT molecular complexity index is 923. The second-order valence-electron chi connectivity index (χ2n) is 7.12. The van der Waals surface area contributed by atoms with Crippen LogP contribution in [0.15, 0.2) is 42.9 Å². The Morgan fingerprint density at radius 2 is 1.92 bits per heavy atom. The van der Waals surface area contributed by atoms with Crippen molar-refractivity contribution in [3.8, 4) is 5.69 Å². The number of pyridine rings is 1. The van der Waals surface area contributed by atoms with Gasteiger partial charge < -0.3 is 5.32 Å². The maximum Gasteiger partial charge on any atom is 0.251 e. The third-order valence-corrected chi connectivity index (χ3v) is 5.23. The van der Waals surface area contributed by atoms with Gasteiger partial charge in [-0.3, -0.25) is 9.36 Å². The average Bonchev–Trinajstić information content (AvgIpc) is 2.91. The highest BCUT2D eigenvalue weighted by atomic mass is 16.1. The van der Waals surface area contributed by atoms with E-state index in [4.69, 9.17) is 0 Å². The molecule has 0 spiro atoms. The van der Waals surface area contributed by atoms with Crippen LogP contribution in [0.5, 0.6) is 0 Å². The highest BCUT2D eigenvalue weighted by molar-refractivity contribution is 5.95. The summed E-state index contributed by atoms with van der Waals surface area (Å²) in [5, 5.41) is 3.22. The van der Waals surface area contributed by atoms with Crippen molar-refractivity contribution in [2.75, 3.05) is 0 Å². The van der Waals surface area contributed by atoms with E-state index in [9.17, 15) is 4.79 Å². The molecule has 134 valence electrons. The van der Waals surface area contributed by atoms with Gasteiger partial charge in [-0.15, -0.1) is 0 Å². The molecule has 2 heterocycles. The zero-order valence-corrected chi connectivity index (χ0v) is 15.1. The fourth-order valence-electron chi connectivity index (χ4n) is 3.73. The molecule has 0 atom stereocenters. The Labute approximate surface area is 153 Å². The van der Waals surface area contributed by atoms with Gasteiger partial charge in [0.2, 0.25) is 0 Å². The first-order valence-corrected chi connectivity index (χ1v) is 9.42. The number of rotatable bonds is 3. The van der Waals surface area contributed by atoms with E-state index in [1.54, 1.807) is 12.5 Å². The number of hydrogen-bond donors (Lipinski definition) is 1. The van der Waals surface area contributed by atoms with Crippen molar-refractivity contribution in [1.29, 1.82) is 0 Å². The zero-order chi connectivity index (χ0) is 17.9. The smallest absolute Gasteiger partial charge is 0.251 e. The molecule has 5 heteroatoms. The van der Waals surface area contributed by atoms with Crippen LogP contribution in [-0.4, -0.2) is 26.5 Å². The molecule has 1 aliphatic rings. The van der Waals surface area contributed by atoms with Gasteiger partial charge >= 0.3 is 0 Å². The molecule has 4 rings (SSSR count). The van der Waals surface area contributed by atoms with Gasteiger partial charge in [-0.2, -0.15) is 0 Å². The molecule has 3 aromatic rings. The van der Waals surface area contributed by atoms with Gasteiger partial charge in [-0.1, -0.05) is 31.7 Å². The molecule has 5 nitrogen and oxygen atoms in total. The summed E-state index contributed by atoms with van der Waals surface area (Å²) in [5.74, 6) is 0.00975. The third kappa shape index (κ3) is 3.34. The van der Waals surface area contributed by atoms with Crippen LogP contribution in [0, 0.1) is 6.92 Å². The first-order chi connectivity index (χ1) is 12.7. The van der Waals surface area contributed by atoms with E-state index in [0.717, 1.165) is 35.3 Å². The van der Waals surface area contributed by atoms with Gasteiger partial charge in [0.25, 0.3) is 5.91 Å². The van der Waals surface area contributed by atoms with Crippen LogP contribution >= 0.6 is 0 Å². The number of carbonyl (C=O) groups is 1. The Hall–Kier alpha value is -2.69. The van der Waals surface area contributed by atoms with Gasteiger partial charge in [0.15, 0.2) is 5.65 Å². The lowest BCUT2D eigenvalue weighted by Gasteiger charge is -2.17. The molecule has 0 saturated heterocycles. The summed E-state index contributed by atoms with van der Waals surface area (Å²) < 4.78 is 1.95. The van der Waals surface area contributed by atoms with E-state index in [0.29, 0.717) is 11.6 Å². The van der Waals surface area contributed by atoms with Crippen LogP contribution in [0.4, 0.5) is 0 Å². The van der Waals surface area contributed by atoms with Gasteiger partial charge in [0.05, 0.1) is 5.69 Å². The predicted molar refractivity (Wildman–Crippen MR) is 103 cm³/mol. The van der Waals surface area contributed by atoms with Crippen LogP contribution in [0.25, 0.3) is 16.9 Å². The molecular weight excluding hydrogens is 324 g/mol. The van der Waals surface area contributed by atoms with Gasteiger partial charge in [-0.05, 0) is 49.6 Å². The lowest BCUT2D eigenvalue weighted by molar-refractivity contribution is 0.0933. The number of amides is 1. The largest absolute Gasteiger partial charge is 0.349 e. The Morgan fingerprint density at radius 3 is 2.73 bits per heavy atom. The lowest BCUT2D eigenvalue weighted by Crippen LogP contribution is -2.34. The monoisotopic (exact) mass is 348 g/mol. The SMILES string of the molecule is Cc1ccc(C(=O)NC2CCCCCC2)cc1-n1cnc2cccnc21. The fraction of sp³-hybridized carbons (Fsp3) is 0.381. The summed E-state index contributed by atoms with van der Waals surface area (Å²) in [6.45, 7) is 2.04. The third-order valence-electron chi connectivity index (χ3n) is 5.23. The number of aromatic nitrogens is 3. The standard InChI is InChI=1S/C21H24N4O/c1-15-10-11-16(21(26)24-17-7-4-2-3-5-8-17)13-19(15)25-14-23-18-9-6-12-22-20(18)25/h6,9-14,17H,2-5,7-8H2,1H3,(H,24,26). The van der Waals surface area contributed by atoms with Gasteiger partial charge in [-0.25, -0.2) is 9.97 Å². The molecule has 1 aliphatic carbocycles. The number of benzene rings is 1. The highest BCUT2D eigenvalue weighted by Crippen LogP contribution is 2.22. The van der Waals surface area contributed by atoms with Crippen molar-refractivity contribution in [3.63, 3.8) is 0 Å². The van der Waals surface area contributed by atoms with E-state index in [-0.39, 0.29) is 5.91 Å². The number of carbonyl (C=O) groups excluding carboxylic acids is 1. The molecule has 26 heavy (non-hydrogen) atoms. The van der Waals surface area contributed by atoms with E-state index < -0.39 is 0 Å². The fourth-order valence-corrected chi connectivity index (χ4v) is 3.73. The Kier molecular flexibility index (Phi) is 4.69. The van der Waals surface area contributed by atoms with Crippen molar-refractivity contribution < 1.29 is 4.79 Å². The second kappa shape index (κ2) is 7.28. The summed E-state index contributed by atoms with van der Waals surface area (Å²) in [7, 11) is 0. The number of nitrogens with one attached hydrogen (secondary N) is 1. The summed E-state index contributed by atoms with van der Waals surface area (Å²) in [6, 6.07) is 9.95. The molecule has 0 radical (unpaired) electrons. The first-order valence-electron chi connectivity index (χ1n) is 9.42. The molecular formula is C21H24N4O. The minimum atomic E-state index is 0.00975. The maximum absolute atomic E-state index is 12.8. The van der Waals surface area contributed by atoms with Crippen LogP contribution < -0.4 is 5.32 Å². The van der Waals surface area contributed by atoms with E-state index >= 15 is 0 Å². The average molecular weight is 348 g/mol. The van der Waals surface area contributed by atoms with Crippen molar-refractivity contribution in [2.45, 2.75) is 51.5 Å². The molecule has 0 bridgehead atoms. The highest BCUT2D eigenvalue weighted by Gasteiger charge is 2.17. The molecule has 1 N–H and O–H groups in total. The Morgan fingerprint density at radius 1 is 1.12 bits per heavy atom. The summed E-state index contributed by atoms with van der Waals surface area (Å²) in [5.41, 5.74) is 4.37. The lowest BCUT2D eigenvalue weighted by atomic mass is 10.1. The molecule has 0 unspecified atom stereocenters. The van der Waals surface area contributed by atoms with Crippen LogP contribution in [-0.2, 0) is 0 Å². The number of hydrogen-bond acceptors (Lipinski definition) is 3. The molecule has 1 saturated carbocycles.